The molecule has 1 aliphatic heterocycles. The van der Waals surface area contributed by atoms with Crippen LogP contribution in [0.1, 0.15) is 56.1 Å². The van der Waals surface area contributed by atoms with Gasteiger partial charge in [0.05, 0.1) is 25.3 Å². The second kappa shape index (κ2) is 9.97. The van der Waals surface area contributed by atoms with Crippen LogP contribution >= 0.6 is 11.6 Å². The predicted molar refractivity (Wildman–Crippen MR) is 128 cm³/mol. The first-order valence-corrected chi connectivity index (χ1v) is 11.8. The van der Waals surface area contributed by atoms with Crippen molar-refractivity contribution in [2.45, 2.75) is 44.9 Å². The number of nitrogens with one attached hydrogen (secondary N) is 1. The number of hydrogen-bond acceptors (Lipinski definition) is 6. The van der Waals surface area contributed by atoms with Gasteiger partial charge in [0, 0.05) is 30.0 Å². The molecule has 4 rings (SSSR count). The number of allylic oxidation sites excluding steroid dienone is 2. The zero-order valence-corrected chi connectivity index (χ0v) is 20.2. The van der Waals surface area contributed by atoms with Crippen LogP contribution < -0.4 is 19.5 Å². The van der Waals surface area contributed by atoms with Crippen LogP contribution in [-0.4, -0.2) is 37.1 Å². The number of ketones is 1. The number of rotatable bonds is 7. The van der Waals surface area contributed by atoms with Crippen molar-refractivity contribution in [3.05, 3.63) is 57.8 Å². The van der Waals surface area contributed by atoms with E-state index < -0.39 is 5.92 Å². The highest BCUT2D eigenvalue weighted by Gasteiger charge is 2.39. The molecule has 0 fully saturated rings. The monoisotopic (exact) mass is 485 g/mol. The summed E-state index contributed by atoms with van der Waals surface area (Å²) < 4.78 is 16.6. The molecule has 7 nitrogen and oxygen atoms in total. The maximum absolute atomic E-state index is 13.4. The summed E-state index contributed by atoms with van der Waals surface area (Å²) in [6.07, 6.45) is 0.954. The van der Waals surface area contributed by atoms with Gasteiger partial charge in [0.25, 0.3) is 0 Å². The maximum Gasteiger partial charge on any atom is 0.225 e. The van der Waals surface area contributed by atoms with E-state index in [0.29, 0.717) is 54.4 Å². The van der Waals surface area contributed by atoms with Gasteiger partial charge in [-0.05, 0) is 61.6 Å². The molecule has 0 radical (unpaired) electrons. The Balaban J connectivity index is 1.70. The second-order valence-corrected chi connectivity index (χ2v) is 8.76. The van der Waals surface area contributed by atoms with Gasteiger partial charge in [-0.1, -0.05) is 17.7 Å². The van der Waals surface area contributed by atoms with E-state index >= 15 is 0 Å². The van der Waals surface area contributed by atoms with Gasteiger partial charge in [-0.2, -0.15) is 0 Å². The van der Waals surface area contributed by atoms with Gasteiger partial charge in [-0.25, -0.2) is 0 Å². The van der Waals surface area contributed by atoms with Crippen LogP contribution in [0.15, 0.2) is 41.6 Å². The molecular weight excluding hydrogens is 458 g/mol. The minimum Gasteiger partial charge on any atom is -0.503 e. The maximum atomic E-state index is 13.4. The Labute approximate surface area is 203 Å². The predicted octanol–water partition coefficient (Wildman–Crippen LogP) is 4.86. The third-order valence-corrected chi connectivity index (χ3v) is 6.54. The summed E-state index contributed by atoms with van der Waals surface area (Å²) in [6, 6.07) is 8.94. The number of phenols is 1. The van der Waals surface area contributed by atoms with Crippen LogP contribution in [0.4, 0.5) is 0 Å². The van der Waals surface area contributed by atoms with Gasteiger partial charge in [0.1, 0.15) is 0 Å². The standard InChI is InChI=1S/C26H28ClNO6/c1-4-33-21-7-6-14(11-22(21)32-3)15-9-19-25(20(29)10-15)17(13-24(30)28-19)16-8-18(27)26(31)23(12-16)34-5-2/h6-8,11-12,15,17,31H,4-5,9-10,13H2,1-3H3,(H,28,30). The Morgan fingerprint density at radius 2 is 1.68 bits per heavy atom. The molecule has 0 aromatic heterocycles. The van der Waals surface area contributed by atoms with Crippen LogP contribution in [0.5, 0.6) is 23.0 Å². The van der Waals surface area contributed by atoms with Crippen molar-refractivity contribution in [3.63, 3.8) is 0 Å². The number of halogens is 1. The molecule has 0 saturated carbocycles. The van der Waals surface area contributed by atoms with Crippen molar-refractivity contribution in [3.8, 4) is 23.0 Å². The van der Waals surface area contributed by atoms with Gasteiger partial charge < -0.3 is 24.6 Å². The number of benzene rings is 2. The molecule has 34 heavy (non-hydrogen) atoms. The Kier molecular flexibility index (Phi) is 7.03. The fourth-order valence-corrected chi connectivity index (χ4v) is 4.97. The van der Waals surface area contributed by atoms with E-state index in [-0.39, 0.29) is 40.6 Å². The minimum atomic E-state index is -0.454. The highest BCUT2D eigenvalue weighted by molar-refractivity contribution is 6.32. The van der Waals surface area contributed by atoms with E-state index in [1.165, 1.54) is 0 Å². The van der Waals surface area contributed by atoms with E-state index in [2.05, 4.69) is 5.32 Å². The molecule has 2 N–H and O–H groups in total. The van der Waals surface area contributed by atoms with Crippen molar-refractivity contribution in [1.82, 2.24) is 5.32 Å². The third-order valence-electron chi connectivity index (χ3n) is 6.25. The number of Topliss-reactive ketones (excluding diaryl/α,β-unsaturated/α-hetero) is 1. The number of phenolic OH excluding ortho intramolecular Hbond substituents is 1. The summed E-state index contributed by atoms with van der Waals surface area (Å²) in [4.78, 5) is 26.0. The highest BCUT2D eigenvalue weighted by atomic mass is 35.5. The Hall–Kier alpha value is -3.19. The topological polar surface area (TPSA) is 94.1 Å². The first-order valence-electron chi connectivity index (χ1n) is 11.4. The fraction of sp³-hybridized carbons (Fsp3) is 0.385. The van der Waals surface area contributed by atoms with Gasteiger partial charge in [0.15, 0.2) is 28.8 Å². The van der Waals surface area contributed by atoms with E-state index in [1.807, 2.05) is 25.1 Å². The van der Waals surface area contributed by atoms with Gasteiger partial charge >= 0.3 is 0 Å². The second-order valence-electron chi connectivity index (χ2n) is 8.35. The molecule has 2 atom stereocenters. The summed E-state index contributed by atoms with van der Waals surface area (Å²) in [5, 5.41) is 13.3. The molecule has 2 aromatic carbocycles. The minimum absolute atomic E-state index is 0.0220. The molecule has 1 aliphatic carbocycles. The zero-order valence-electron chi connectivity index (χ0n) is 19.4. The van der Waals surface area contributed by atoms with E-state index in [1.54, 1.807) is 26.2 Å². The molecule has 1 heterocycles. The van der Waals surface area contributed by atoms with Crippen molar-refractivity contribution in [1.29, 1.82) is 0 Å². The molecule has 2 aromatic rings. The number of methoxy groups -OCH3 is 1. The lowest BCUT2D eigenvalue weighted by molar-refractivity contribution is -0.122. The normalized spacial score (nSPS) is 20.0. The molecule has 1 amide bonds. The summed E-state index contributed by atoms with van der Waals surface area (Å²) in [5.74, 6) is 0.606. The smallest absolute Gasteiger partial charge is 0.225 e. The quantitative estimate of drug-likeness (QED) is 0.582. The summed E-state index contributed by atoms with van der Waals surface area (Å²) in [5.41, 5.74) is 2.85. The molecule has 2 aliphatic rings. The van der Waals surface area contributed by atoms with Gasteiger partial charge in [-0.15, -0.1) is 0 Å². The summed E-state index contributed by atoms with van der Waals surface area (Å²) in [7, 11) is 1.58. The fourth-order valence-electron chi connectivity index (χ4n) is 4.75. The average molecular weight is 486 g/mol. The van der Waals surface area contributed by atoms with Crippen molar-refractivity contribution < 1.29 is 28.9 Å². The van der Waals surface area contributed by atoms with E-state index in [0.717, 1.165) is 5.56 Å². The van der Waals surface area contributed by atoms with Crippen LogP contribution in [0.25, 0.3) is 0 Å². The lowest BCUT2D eigenvalue weighted by Crippen LogP contribution is -2.38. The number of aromatic hydroxyl groups is 1. The van der Waals surface area contributed by atoms with E-state index in [9.17, 15) is 14.7 Å². The molecule has 0 spiro atoms. The van der Waals surface area contributed by atoms with Crippen molar-refractivity contribution in [2.24, 2.45) is 0 Å². The summed E-state index contributed by atoms with van der Waals surface area (Å²) >= 11 is 6.24. The number of hydrogen-bond donors (Lipinski definition) is 2. The van der Waals surface area contributed by atoms with Crippen LogP contribution in [0.2, 0.25) is 5.02 Å². The molecule has 0 saturated heterocycles. The zero-order chi connectivity index (χ0) is 24.4. The number of ether oxygens (including phenoxy) is 3. The molecule has 0 bridgehead atoms. The van der Waals surface area contributed by atoms with E-state index in [4.69, 9.17) is 25.8 Å². The molecule has 180 valence electrons. The van der Waals surface area contributed by atoms with Crippen LogP contribution in [-0.2, 0) is 9.59 Å². The molecular formula is C26H28ClNO6. The lowest BCUT2D eigenvalue weighted by Gasteiger charge is -2.34. The average Bonchev–Trinajstić information content (AvgIpc) is 2.81. The Bertz CT molecular complexity index is 1160. The van der Waals surface area contributed by atoms with Crippen molar-refractivity contribution >= 4 is 23.3 Å². The first kappa shape index (κ1) is 24.0. The lowest BCUT2D eigenvalue weighted by atomic mass is 9.73. The Morgan fingerprint density at radius 1 is 0.971 bits per heavy atom. The van der Waals surface area contributed by atoms with Crippen molar-refractivity contribution in [2.75, 3.05) is 20.3 Å². The summed E-state index contributed by atoms with van der Waals surface area (Å²) in [6.45, 7) is 4.57. The molecule has 8 heteroatoms. The SMILES string of the molecule is CCOc1ccc(C2CC(=O)C3=C(C2)NC(=O)CC3c2cc(Cl)c(O)c(OCC)c2)cc1OC. The first-order chi connectivity index (χ1) is 16.4. The van der Waals surface area contributed by atoms with Gasteiger partial charge in [-0.3, -0.25) is 9.59 Å². The highest BCUT2D eigenvalue weighted by Crippen LogP contribution is 2.46. The van der Waals surface area contributed by atoms with Crippen LogP contribution in [0, 0.1) is 0 Å². The Morgan fingerprint density at radius 3 is 2.38 bits per heavy atom. The number of carbonyl (C=O) groups excluding carboxylic acids is 2. The largest absolute Gasteiger partial charge is 0.503 e. The molecule has 2 unspecified atom stereocenters. The third kappa shape index (κ3) is 4.57. The van der Waals surface area contributed by atoms with Crippen LogP contribution in [0.3, 0.4) is 0 Å². The number of amides is 1. The van der Waals surface area contributed by atoms with Gasteiger partial charge in [0.2, 0.25) is 5.91 Å². The number of carbonyl (C=O) groups is 2.